The Kier molecular flexibility index (Phi) is 3.20. The Morgan fingerprint density at radius 2 is 1.85 bits per heavy atom. The molecular formula is C16H12ClNO2. The molecule has 1 N–H and O–H groups in total. The van der Waals surface area contributed by atoms with Gasteiger partial charge in [-0.1, -0.05) is 35.9 Å². The normalized spacial score (nSPS) is 10.8. The molecule has 1 aromatic heterocycles. The van der Waals surface area contributed by atoms with Gasteiger partial charge >= 0.3 is 5.97 Å². The lowest BCUT2D eigenvalue weighted by Crippen LogP contribution is -1.96. The van der Waals surface area contributed by atoms with Crippen LogP contribution >= 0.6 is 11.6 Å². The van der Waals surface area contributed by atoms with E-state index in [0.717, 1.165) is 21.4 Å². The number of fused-ring (bicyclic) bond motifs is 1. The van der Waals surface area contributed by atoms with E-state index in [1.165, 1.54) is 0 Å². The topological polar surface area (TPSA) is 42.2 Å². The van der Waals surface area contributed by atoms with Gasteiger partial charge in [0, 0.05) is 29.3 Å². The molecule has 0 aliphatic rings. The summed E-state index contributed by atoms with van der Waals surface area (Å²) in [5.41, 5.74) is 1.33. The zero-order valence-corrected chi connectivity index (χ0v) is 11.3. The highest BCUT2D eigenvalue weighted by molar-refractivity contribution is 6.31. The third-order valence-electron chi connectivity index (χ3n) is 3.25. The Labute approximate surface area is 121 Å². The molecule has 0 unspecified atom stereocenters. The summed E-state index contributed by atoms with van der Waals surface area (Å²) in [5, 5.41) is 11.7. The molecule has 100 valence electrons. The first-order valence-corrected chi connectivity index (χ1v) is 6.57. The van der Waals surface area contributed by atoms with E-state index in [1.807, 2.05) is 47.3 Å². The lowest BCUT2D eigenvalue weighted by molar-refractivity contribution is 0.0697. The van der Waals surface area contributed by atoms with Crippen LogP contribution in [0.3, 0.4) is 0 Å². The van der Waals surface area contributed by atoms with Crippen LogP contribution in [0.15, 0.2) is 54.9 Å². The molecule has 0 atom stereocenters. The number of aromatic nitrogens is 1. The average Bonchev–Trinajstić information content (AvgIpc) is 2.82. The Bertz CT molecular complexity index is 792. The van der Waals surface area contributed by atoms with Crippen molar-refractivity contribution in [1.29, 1.82) is 0 Å². The maximum absolute atomic E-state index is 11.0. The number of hydrogen-bond donors (Lipinski definition) is 1. The summed E-state index contributed by atoms with van der Waals surface area (Å²) in [6.07, 6.45) is 3.93. The molecule has 3 rings (SSSR count). The summed E-state index contributed by atoms with van der Waals surface area (Å²) in [6.45, 7) is 0.663. The summed E-state index contributed by atoms with van der Waals surface area (Å²) < 4.78 is 2.01. The zero-order valence-electron chi connectivity index (χ0n) is 10.6. The van der Waals surface area contributed by atoms with Crippen LogP contribution in [0.2, 0.25) is 5.02 Å². The van der Waals surface area contributed by atoms with Crippen LogP contribution in [0.4, 0.5) is 0 Å². The van der Waals surface area contributed by atoms with Gasteiger partial charge in [0.25, 0.3) is 0 Å². The minimum Gasteiger partial charge on any atom is -0.478 e. The molecule has 3 nitrogen and oxygen atoms in total. The lowest BCUT2D eigenvalue weighted by atomic mass is 10.1. The Balaban J connectivity index is 1.97. The van der Waals surface area contributed by atoms with E-state index in [9.17, 15) is 4.79 Å². The molecule has 3 aromatic rings. The second-order valence-electron chi connectivity index (χ2n) is 4.67. The van der Waals surface area contributed by atoms with E-state index >= 15 is 0 Å². The van der Waals surface area contributed by atoms with Crippen LogP contribution in [0.25, 0.3) is 10.8 Å². The summed E-state index contributed by atoms with van der Waals surface area (Å²) in [5.74, 6) is -0.911. The second kappa shape index (κ2) is 5.02. The van der Waals surface area contributed by atoms with Crippen LogP contribution in [-0.2, 0) is 6.54 Å². The van der Waals surface area contributed by atoms with Crippen molar-refractivity contribution in [2.75, 3.05) is 0 Å². The van der Waals surface area contributed by atoms with E-state index in [4.69, 9.17) is 16.7 Å². The van der Waals surface area contributed by atoms with Crippen LogP contribution in [0.1, 0.15) is 15.9 Å². The zero-order chi connectivity index (χ0) is 14.1. The molecule has 0 amide bonds. The minimum atomic E-state index is -0.911. The van der Waals surface area contributed by atoms with Crippen LogP contribution in [0.5, 0.6) is 0 Å². The number of carboxylic acid groups (broad SMARTS) is 1. The first kappa shape index (κ1) is 12.8. The molecule has 2 aromatic carbocycles. The van der Waals surface area contributed by atoms with Crippen molar-refractivity contribution in [3.63, 3.8) is 0 Å². The van der Waals surface area contributed by atoms with Crippen molar-refractivity contribution in [2.45, 2.75) is 6.54 Å². The molecule has 0 radical (unpaired) electrons. The van der Waals surface area contributed by atoms with Crippen LogP contribution < -0.4 is 0 Å². The minimum absolute atomic E-state index is 0.299. The molecule has 0 bridgehead atoms. The number of nitrogens with zero attached hydrogens (tertiary/aromatic N) is 1. The molecule has 0 saturated heterocycles. The van der Waals surface area contributed by atoms with Crippen molar-refractivity contribution in [3.8, 4) is 0 Å². The highest BCUT2D eigenvalue weighted by Gasteiger charge is 2.06. The van der Waals surface area contributed by atoms with E-state index < -0.39 is 5.97 Å². The van der Waals surface area contributed by atoms with E-state index in [-0.39, 0.29) is 0 Å². The first-order chi connectivity index (χ1) is 9.63. The molecule has 0 aliphatic carbocycles. The van der Waals surface area contributed by atoms with E-state index in [2.05, 4.69) is 0 Å². The summed E-state index contributed by atoms with van der Waals surface area (Å²) in [7, 11) is 0. The molecule has 0 fully saturated rings. The van der Waals surface area contributed by atoms with E-state index in [0.29, 0.717) is 12.1 Å². The number of carbonyl (C=O) groups is 1. The van der Waals surface area contributed by atoms with Gasteiger partial charge in [0.15, 0.2) is 0 Å². The molecule has 4 heteroatoms. The number of carboxylic acids is 1. The third kappa shape index (κ3) is 2.40. The number of halogens is 1. The van der Waals surface area contributed by atoms with Gasteiger partial charge in [-0.3, -0.25) is 0 Å². The van der Waals surface area contributed by atoms with Crippen molar-refractivity contribution in [3.05, 3.63) is 71.0 Å². The third-order valence-corrected chi connectivity index (χ3v) is 3.62. The summed E-state index contributed by atoms with van der Waals surface area (Å²) in [4.78, 5) is 11.0. The fraction of sp³-hybridized carbons (Fsp3) is 0.0625. The SMILES string of the molecule is O=C(O)c1ccc2cn(Cc3ccccc3Cl)cc2c1. The van der Waals surface area contributed by atoms with Gasteiger partial charge in [-0.15, -0.1) is 0 Å². The smallest absolute Gasteiger partial charge is 0.335 e. The summed E-state index contributed by atoms with van der Waals surface area (Å²) in [6, 6.07) is 12.8. The highest BCUT2D eigenvalue weighted by Crippen LogP contribution is 2.21. The number of aromatic carboxylic acids is 1. The van der Waals surface area contributed by atoms with Gasteiger partial charge in [0.1, 0.15) is 0 Å². The van der Waals surface area contributed by atoms with Crippen LogP contribution in [0, 0.1) is 0 Å². The molecule has 0 saturated carbocycles. The van der Waals surface area contributed by atoms with Crippen molar-refractivity contribution in [1.82, 2.24) is 4.57 Å². The van der Waals surface area contributed by atoms with Crippen LogP contribution in [-0.4, -0.2) is 15.6 Å². The number of benzene rings is 2. The van der Waals surface area contributed by atoms with Crippen molar-refractivity contribution < 1.29 is 9.90 Å². The number of hydrogen-bond acceptors (Lipinski definition) is 1. The average molecular weight is 286 g/mol. The highest BCUT2D eigenvalue weighted by atomic mass is 35.5. The largest absolute Gasteiger partial charge is 0.478 e. The molecule has 20 heavy (non-hydrogen) atoms. The quantitative estimate of drug-likeness (QED) is 0.789. The first-order valence-electron chi connectivity index (χ1n) is 6.20. The standard InChI is InChI=1S/C16H12ClNO2/c17-15-4-2-1-3-13(15)9-18-8-12-6-5-11(16(19)20)7-14(12)10-18/h1-8,10H,9H2,(H,19,20). The van der Waals surface area contributed by atoms with Gasteiger partial charge in [-0.05, 0) is 29.1 Å². The van der Waals surface area contributed by atoms with Gasteiger partial charge < -0.3 is 9.67 Å². The van der Waals surface area contributed by atoms with Crippen molar-refractivity contribution >= 4 is 28.3 Å². The fourth-order valence-electron chi connectivity index (χ4n) is 2.25. The maximum atomic E-state index is 11.0. The monoisotopic (exact) mass is 285 g/mol. The Morgan fingerprint density at radius 1 is 1.10 bits per heavy atom. The van der Waals surface area contributed by atoms with E-state index in [1.54, 1.807) is 12.1 Å². The van der Waals surface area contributed by atoms with Crippen molar-refractivity contribution in [2.24, 2.45) is 0 Å². The molecule has 0 aliphatic heterocycles. The Morgan fingerprint density at radius 3 is 2.60 bits per heavy atom. The lowest BCUT2D eigenvalue weighted by Gasteiger charge is -2.04. The molecular weight excluding hydrogens is 274 g/mol. The van der Waals surface area contributed by atoms with Gasteiger partial charge in [0.2, 0.25) is 0 Å². The predicted molar refractivity (Wildman–Crippen MR) is 79.5 cm³/mol. The second-order valence-corrected chi connectivity index (χ2v) is 5.08. The molecule has 0 spiro atoms. The molecule has 1 heterocycles. The summed E-state index contributed by atoms with van der Waals surface area (Å²) >= 11 is 6.15. The van der Waals surface area contributed by atoms with Gasteiger partial charge in [-0.25, -0.2) is 4.79 Å². The van der Waals surface area contributed by atoms with Gasteiger partial charge in [0.05, 0.1) is 5.56 Å². The predicted octanol–water partition coefficient (Wildman–Crippen LogP) is 4.04. The number of rotatable bonds is 3. The fourth-order valence-corrected chi connectivity index (χ4v) is 2.44. The Hall–Kier alpha value is -2.26. The maximum Gasteiger partial charge on any atom is 0.335 e. The van der Waals surface area contributed by atoms with Gasteiger partial charge in [-0.2, -0.15) is 0 Å².